The number of ether oxygens (including phenoxy) is 1. The van der Waals surface area contributed by atoms with Gasteiger partial charge in [0.05, 0.1) is 30.5 Å². The third-order valence-electron chi connectivity index (χ3n) is 8.71. The van der Waals surface area contributed by atoms with Crippen molar-refractivity contribution in [1.82, 2.24) is 29.5 Å². The number of hydrogen-bond donors (Lipinski definition) is 0. The van der Waals surface area contributed by atoms with Crippen molar-refractivity contribution in [2.24, 2.45) is 7.05 Å². The number of alkyl halides is 6. The molecule has 4 heterocycles. The number of aromatic nitrogens is 4. The van der Waals surface area contributed by atoms with Crippen molar-refractivity contribution < 1.29 is 40.7 Å². The largest absolute Gasteiger partial charge is 0.467 e. The van der Waals surface area contributed by atoms with Crippen LogP contribution >= 0.6 is 0 Å². The number of urea groups is 1. The molecule has 0 aliphatic carbocycles. The quantitative estimate of drug-likeness (QED) is 0.228. The normalized spacial score (nSPS) is 20.4. The minimum atomic E-state index is -5.02. The van der Waals surface area contributed by atoms with Crippen LogP contribution in [0.15, 0.2) is 43.0 Å². The monoisotopic (exact) mass is 667 g/mol. The SMILES string of the molecule is CC[C@@H]1C[C@H](N(Cc2cc(C(F)(F)F)cc(C(F)(F)F)c2)c2ncc(-c3cnn(C)c3)cn2)CN1C(=O)N1CCCC[C@H]1C(=O)OC. The number of methoxy groups -OCH3 is 1. The summed E-state index contributed by atoms with van der Waals surface area (Å²) >= 11 is 0. The number of amides is 2. The van der Waals surface area contributed by atoms with E-state index >= 15 is 0 Å². The van der Waals surface area contributed by atoms with Crippen molar-refractivity contribution in [2.45, 2.75) is 76.1 Å². The molecule has 47 heavy (non-hydrogen) atoms. The molecule has 5 rings (SSSR count). The van der Waals surface area contributed by atoms with Gasteiger partial charge in [0.15, 0.2) is 0 Å². The molecule has 2 aromatic heterocycles. The fraction of sp³-hybridized carbons (Fsp3) is 0.516. The highest BCUT2D eigenvalue weighted by Crippen LogP contribution is 2.38. The van der Waals surface area contributed by atoms with Gasteiger partial charge in [-0.3, -0.25) is 4.68 Å². The van der Waals surface area contributed by atoms with Gasteiger partial charge in [0.1, 0.15) is 6.04 Å². The number of halogens is 6. The Morgan fingerprint density at radius 3 is 2.17 bits per heavy atom. The molecule has 0 saturated carbocycles. The highest BCUT2D eigenvalue weighted by molar-refractivity contribution is 5.84. The number of carbonyl (C=O) groups is 2. The topological polar surface area (TPSA) is 96.7 Å². The third kappa shape index (κ3) is 7.46. The molecule has 0 bridgehead atoms. The summed E-state index contributed by atoms with van der Waals surface area (Å²) in [5.41, 5.74) is -1.78. The number of likely N-dealkylation sites (tertiary alicyclic amines) is 2. The molecule has 0 N–H and O–H groups in total. The van der Waals surface area contributed by atoms with Gasteiger partial charge in [-0.1, -0.05) is 6.92 Å². The lowest BCUT2D eigenvalue weighted by atomic mass is 10.0. The van der Waals surface area contributed by atoms with Gasteiger partial charge in [0.2, 0.25) is 5.95 Å². The second-order valence-corrected chi connectivity index (χ2v) is 11.8. The molecule has 3 atom stereocenters. The van der Waals surface area contributed by atoms with Gasteiger partial charge in [0, 0.05) is 62.4 Å². The van der Waals surface area contributed by atoms with Crippen LogP contribution in [0.5, 0.6) is 0 Å². The minimum Gasteiger partial charge on any atom is -0.467 e. The first kappa shape index (κ1) is 34.0. The average Bonchev–Trinajstić information content (AvgIpc) is 3.68. The van der Waals surface area contributed by atoms with E-state index in [-0.39, 0.29) is 36.2 Å². The van der Waals surface area contributed by atoms with Crippen molar-refractivity contribution in [3.05, 3.63) is 59.7 Å². The predicted molar refractivity (Wildman–Crippen MR) is 158 cm³/mol. The smallest absolute Gasteiger partial charge is 0.416 e. The maximum absolute atomic E-state index is 13.9. The van der Waals surface area contributed by atoms with Crippen LogP contribution in [0.3, 0.4) is 0 Å². The van der Waals surface area contributed by atoms with Gasteiger partial charge >= 0.3 is 24.4 Å². The first-order valence-electron chi connectivity index (χ1n) is 15.2. The summed E-state index contributed by atoms with van der Waals surface area (Å²) in [6, 6.07) is -0.544. The van der Waals surface area contributed by atoms with E-state index in [1.165, 1.54) is 24.4 Å². The van der Waals surface area contributed by atoms with Gasteiger partial charge in [0.25, 0.3) is 0 Å². The van der Waals surface area contributed by atoms with Crippen molar-refractivity contribution in [2.75, 3.05) is 25.1 Å². The van der Waals surface area contributed by atoms with Crippen molar-refractivity contribution in [1.29, 1.82) is 0 Å². The molecule has 16 heteroatoms. The van der Waals surface area contributed by atoms with E-state index in [1.54, 1.807) is 33.9 Å². The molecule has 2 aliphatic heterocycles. The molecule has 10 nitrogen and oxygen atoms in total. The Labute approximate surface area is 267 Å². The number of esters is 1. The number of rotatable bonds is 7. The third-order valence-corrected chi connectivity index (χ3v) is 8.71. The van der Waals surface area contributed by atoms with Crippen LogP contribution < -0.4 is 4.90 Å². The van der Waals surface area contributed by atoms with Crippen molar-refractivity contribution in [3.63, 3.8) is 0 Å². The number of hydrogen-bond acceptors (Lipinski definition) is 7. The second-order valence-electron chi connectivity index (χ2n) is 11.8. The molecule has 0 spiro atoms. The molecule has 2 amide bonds. The summed E-state index contributed by atoms with van der Waals surface area (Å²) in [5.74, 6) is -0.446. The Morgan fingerprint density at radius 1 is 0.957 bits per heavy atom. The summed E-state index contributed by atoms with van der Waals surface area (Å²) in [4.78, 5) is 40.0. The Kier molecular flexibility index (Phi) is 9.68. The average molecular weight is 668 g/mol. The van der Waals surface area contributed by atoms with E-state index < -0.39 is 48.1 Å². The predicted octanol–water partition coefficient (Wildman–Crippen LogP) is 5.92. The van der Waals surface area contributed by atoms with E-state index in [9.17, 15) is 35.9 Å². The zero-order valence-electron chi connectivity index (χ0n) is 26.1. The summed E-state index contributed by atoms with van der Waals surface area (Å²) in [6.07, 6.45) is -0.909. The fourth-order valence-corrected chi connectivity index (χ4v) is 6.30. The van der Waals surface area contributed by atoms with Crippen LogP contribution in [0.1, 0.15) is 55.7 Å². The number of benzene rings is 1. The van der Waals surface area contributed by atoms with E-state index in [2.05, 4.69) is 15.1 Å². The standard InChI is InChI=1S/C31H35F6N7O3/c1-4-24-12-25(18-44(24)29(46)42-8-6-5-7-26(42)27(45)47-3)43(28-38-13-20(14-39-28)21-15-40-41(2)17-21)16-19-9-22(30(32,33)34)11-23(10-19)31(35,36)37/h9-11,13-15,17,24-26H,4-8,12,16,18H2,1-3H3/t24-,25+,26+/m1/s1. The number of carbonyl (C=O) groups excluding carboxylic acids is 2. The van der Waals surface area contributed by atoms with Crippen LogP contribution in [-0.4, -0.2) is 79.9 Å². The molecule has 254 valence electrons. The molecule has 1 aromatic carbocycles. The van der Waals surface area contributed by atoms with E-state index in [0.717, 1.165) is 6.42 Å². The lowest BCUT2D eigenvalue weighted by Gasteiger charge is -2.38. The number of nitrogens with zero attached hydrogens (tertiary/aromatic N) is 7. The molecular formula is C31H35F6N7O3. The number of anilines is 1. The maximum Gasteiger partial charge on any atom is 0.416 e. The van der Waals surface area contributed by atoms with Crippen LogP contribution in [-0.2, 0) is 35.5 Å². The minimum absolute atomic E-state index is 0.0724. The van der Waals surface area contributed by atoms with Gasteiger partial charge in [-0.05, 0) is 55.9 Å². The Bertz CT molecular complexity index is 1540. The molecule has 3 aromatic rings. The summed E-state index contributed by atoms with van der Waals surface area (Å²) in [5, 5.41) is 4.12. The Morgan fingerprint density at radius 2 is 1.62 bits per heavy atom. The van der Waals surface area contributed by atoms with Crippen LogP contribution in [0.4, 0.5) is 37.1 Å². The zero-order chi connectivity index (χ0) is 34.1. The van der Waals surface area contributed by atoms with Crippen LogP contribution in [0.2, 0.25) is 0 Å². The first-order valence-corrected chi connectivity index (χ1v) is 15.2. The summed E-state index contributed by atoms with van der Waals surface area (Å²) < 4.78 is 89.0. The maximum atomic E-state index is 13.9. The lowest BCUT2D eigenvalue weighted by Crippen LogP contribution is -2.54. The molecule has 2 fully saturated rings. The molecule has 2 aliphatic rings. The van der Waals surface area contributed by atoms with Crippen molar-refractivity contribution in [3.8, 4) is 11.1 Å². The van der Waals surface area contributed by atoms with E-state index in [4.69, 9.17) is 4.74 Å². The fourth-order valence-electron chi connectivity index (χ4n) is 6.30. The molecule has 0 radical (unpaired) electrons. The molecule has 0 unspecified atom stereocenters. The van der Waals surface area contributed by atoms with E-state index in [1.807, 2.05) is 6.92 Å². The van der Waals surface area contributed by atoms with Gasteiger partial charge < -0.3 is 19.4 Å². The van der Waals surface area contributed by atoms with E-state index in [0.29, 0.717) is 55.5 Å². The lowest BCUT2D eigenvalue weighted by molar-refractivity contribution is -0.147. The number of aryl methyl sites for hydroxylation is 1. The zero-order valence-corrected chi connectivity index (χ0v) is 26.1. The molecule has 2 saturated heterocycles. The molecular weight excluding hydrogens is 632 g/mol. The highest BCUT2D eigenvalue weighted by atomic mass is 19.4. The Hall–Kier alpha value is -4.37. The van der Waals surface area contributed by atoms with Crippen LogP contribution in [0.25, 0.3) is 11.1 Å². The van der Waals surface area contributed by atoms with Gasteiger partial charge in [-0.2, -0.15) is 31.4 Å². The highest BCUT2D eigenvalue weighted by Gasteiger charge is 2.43. The second kappa shape index (κ2) is 13.4. The number of piperidine rings is 1. The van der Waals surface area contributed by atoms with Crippen LogP contribution in [0, 0.1) is 0 Å². The Balaban J connectivity index is 1.51. The summed E-state index contributed by atoms with van der Waals surface area (Å²) in [7, 11) is 3.00. The first-order chi connectivity index (χ1) is 22.2. The van der Waals surface area contributed by atoms with Gasteiger partial charge in [-0.25, -0.2) is 19.6 Å². The summed E-state index contributed by atoms with van der Waals surface area (Å²) in [6.45, 7) is 1.92. The van der Waals surface area contributed by atoms with Crippen molar-refractivity contribution >= 4 is 17.9 Å². The van der Waals surface area contributed by atoms with Gasteiger partial charge in [-0.15, -0.1) is 0 Å².